The van der Waals surface area contributed by atoms with Crippen LogP contribution in [0, 0.1) is 0 Å². The van der Waals surface area contributed by atoms with E-state index in [4.69, 9.17) is 9.84 Å². The number of carboxylic acids is 1. The van der Waals surface area contributed by atoms with Gasteiger partial charge in [0.2, 0.25) is 0 Å². The number of nitrogens with one attached hydrogen (secondary N) is 1. The summed E-state index contributed by atoms with van der Waals surface area (Å²) in [7, 11) is 0. The maximum atomic E-state index is 10.6. The van der Waals surface area contributed by atoms with Crippen molar-refractivity contribution in [1.82, 2.24) is 0 Å². The average molecular weight is 223 g/mol. The molecule has 0 heterocycles. The summed E-state index contributed by atoms with van der Waals surface area (Å²) >= 11 is 0. The van der Waals surface area contributed by atoms with Crippen LogP contribution in [-0.2, 0) is 4.74 Å². The fourth-order valence-corrected chi connectivity index (χ4v) is 1.22. The predicted octanol–water partition coefficient (Wildman–Crippen LogP) is 2.22. The lowest BCUT2D eigenvalue weighted by molar-refractivity contribution is 0.0696. The van der Waals surface area contributed by atoms with Gasteiger partial charge < -0.3 is 15.2 Å². The van der Waals surface area contributed by atoms with Gasteiger partial charge in [0.1, 0.15) is 0 Å². The molecule has 0 saturated carbocycles. The zero-order valence-corrected chi connectivity index (χ0v) is 9.56. The molecule has 0 unspecified atom stereocenters. The highest BCUT2D eigenvalue weighted by Gasteiger charge is 2.01. The van der Waals surface area contributed by atoms with Crippen LogP contribution in [0.5, 0.6) is 0 Å². The molecule has 1 rings (SSSR count). The molecule has 0 atom stereocenters. The van der Waals surface area contributed by atoms with Crippen LogP contribution in [0.25, 0.3) is 0 Å². The second kappa shape index (κ2) is 6.12. The van der Waals surface area contributed by atoms with Gasteiger partial charge in [-0.15, -0.1) is 0 Å². The van der Waals surface area contributed by atoms with Gasteiger partial charge in [0.25, 0.3) is 0 Å². The van der Waals surface area contributed by atoms with Gasteiger partial charge >= 0.3 is 5.97 Å². The topological polar surface area (TPSA) is 58.6 Å². The molecule has 16 heavy (non-hydrogen) atoms. The summed E-state index contributed by atoms with van der Waals surface area (Å²) in [4.78, 5) is 10.6. The molecule has 4 nitrogen and oxygen atoms in total. The fraction of sp³-hybridized carbons (Fsp3) is 0.417. The van der Waals surface area contributed by atoms with Gasteiger partial charge in [-0.05, 0) is 38.1 Å². The van der Waals surface area contributed by atoms with Gasteiger partial charge in [-0.1, -0.05) is 0 Å². The van der Waals surface area contributed by atoms with E-state index >= 15 is 0 Å². The molecule has 0 aliphatic heterocycles. The van der Waals surface area contributed by atoms with Crippen LogP contribution in [-0.4, -0.2) is 30.3 Å². The molecule has 4 heteroatoms. The third kappa shape index (κ3) is 4.31. The number of hydrogen-bond donors (Lipinski definition) is 2. The van der Waals surface area contributed by atoms with Crippen LogP contribution in [0.2, 0.25) is 0 Å². The molecular weight excluding hydrogens is 206 g/mol. The molecule has 0 saturated heterocycles. The van der Waals surface area contributed by atoms with E-state index in [1.165, 1.54) is 0 Å². The molecule has 0 bridgehead atoms. The summed E-state index contributed by atoms with van der Waals surface area (Å²) in [5.74, 6) is -0.908. The van der Waals surface area contributed by atoms with Crippen molar-refractivity contribution in [2.24, 2.45) is 0 Å². The van der Waals surface area contributed by atoms with Gasteiger partial charge in [0, 0.05) is 12.2 Å². The van der Waals surface area contributed by atoms with Gasteiger partial charge in [-0.3, -0.25) is 0 Å². The molecular formula is C12H17NO3. The lowest BCUT2D eigenvalue weighted by Crippen LogP contribution is -2.13. The standard InChI is InChI=1S/C12H17NO3/c1-9(2)16-8-7-13-11-5-3-10(4-6-11)12(14)15/h3-6,9,13H,7-8H2,1-2H3,(H,14,15). The zero-order chi connectivity index (χ0) is 12.0. The lowest BCUT2D eigenvalue weighted by atomic mass is 10.2. The van der Waals surface area contributed by atoms with Crippen LogP contribution in [0.1, 0.15) is 24.2 Å². The number of aromatic carboxylic acids is 1. The zero-order valence-electron chi connectivity index (χ0n) is 9.56. The summed E-state index contributed by atoms with van der Waals surface area (Å²) in [5, 5.41) is 11.9. The number of carbonyl (C=O) groups is 1. The van der Waals surface area contributed by atoms with E-state index in [0.717, 1.165) is 5.69 Å². The van der Waals surface area contributed by atoms with Crippen molar-refractivity contribution >= 4 is 11.7 Å². The third-order valence-electron chi connectivity index (χ3n) is 2.01. The summed E-state index contributed by atoms with van der Waals surface area (Å²) in [5.41, 5.74) is 1.20. The Kier molecular flexibility index (Phi) is 4.79. The Morgan fingerprint density at radius 2 is 2.00 bits per heavy atom. The Labute approximate surface area is 95.2 Å². The van der Waals surface area contributed by atoms with Crippen LogP contribution in [0.4, 0.5) is 5.69 Å². The normalized spacial score (nSPS) is 10.4. The summed E-state index contributed by atoms with van der Waals surface area (Å²) < 4.78 is 5.37. The van der Waals surface area contributed by atoms with E-state index in [1.807, 2.05) is 13.8 Å². The van der Waals surface area contributed by atoms with Crippen molar-refractivity contribution in [2.45, 2.75) is 20.0 Å². The maximum absolute atomic E-state index is 10.6. The fourth-order valence-electron chi connectivity index (χ4n) is 1.22. The van der Waals surface area contributed by atoms with E-state index in [9.17, 15) is 4.79 Å². The van der Waals surface area contributed by atoms with Gasteiger partial charge in [0.05, 0.1) is 18.3 Å². The van der Waals surface area contributed by atoms with E-state index in [0.29, 0.717) is 18.7 Å². The largest absolute Gasteiger partial charge is 0.478 e. The van der Waals surface area contributed by atoms with Crippen LogP contribution in [0.15, 0.2) is 24.3 Å². The van der Waals surface area contributed by atoms with Crippen molar-refractivity contribution in [3.05, 3.63) is 29.8 Å². The molecule has 0 aliphatic rings. The molecule has 0 fully saturated rings. The van der Waals surface area contributed by atoms with Crippen molar-refractivity contribution in [3.8, 4) is 0 Å². The second-order valence-corrected chi connectivity index (χ2v) is 3.73. The highest BCUT2D eigenvalue weighted by molar-refractivity contribution is 5.87. The van der Waals surface area contributed by atoms with Crippen LogP contribution >= 0.6 is 0 Å². The van der Waals surface area contributed by atoms with E-state index < -0.39 is 5.97 Å². The molecule has 0 radical (unpaired) electrons. The SMILES string of the molecule is CC(C)OCCNc1ccc(C(=O)O)cc1. The number of ether oxygens (including phenoxy) is 1. The molecule has 0 aromatic heterocycles. The molecule has 0 spiro atoms. The summed E-state index contributed by atoms with van der Waals surface area (Å²) in [6, 6.07) is 6.65. The minimum Gasteiger partial charge on any atom is -0.478 e. The number of carboxylic acid groups (broad SMARTS) is 1. The first-order valence-electron chi connectivity index (χ1n) is 5.28. The number of benzene rings is 1. The van der Waals surface area contributed by atoms with Gasteiger partial charge in [0.15, 0.2) is 0 Å². The van der Waals surface area contributed by atoms with E-state index in [-0.39, 0.29) is 6.10 Å². The Hall–Kier alpha value is -1.55. The number of anilines is 1. The van der Waals surface area contributed by atoms with E-state index in [2.05, 4.69) is 5.32 Å². The first-order chi connectivity index (χ1) is 7.59. The minimum atomic E-state index is -0.908. The first kappa shape index (κ1) is 12.5. The Bertz CT molecular complexity index is 333. The highest BCUT2D eigenvalue weighted by Crippen LogP contribution is 2.08. The van der Waals surface area contributed by atoms with E-state index in [1.54, 1.807) is 24.3 Å². The predicted molar refractivity (Wildman–Crippen MR) is 63.0 cm³/mol. The molecule has 0 aliphatic carbocycles. The smallest absolute Gasteiger partial charge is 0.335 e. The Morgan fingerprint density at radius 1 is 1.38 bits per heavy atom. The lowest BCUT2D eigenvalue weighted by Gasteiger charge is -2.09. The molecule has 1 aromatic carbocycles. The highest BCUT2D eigenvalue weighted by atomic mass is 16.5. The Morgan fingerprint density at radius 3 is 2.50 bits per heavy atom. The molecule has 0 amide bonds. The monoisotopic (exact) mass is 223 g/mol. The second-order valence-electron chi connectivity index (χ2n) is 3.73. The van der Waals surface area contributed by atoms with Crippen molar-refractivity contribution < 1.29 is 14.6 Å². The number of rotatable bonds is 6. The third-order valence-corrected chi connectivity index (χ3v) is 2.01. The molecule has 2 N–H and O–H groups in total. The van der Waals surface area contributed by atoms with Crippen molar-refractivity contribution in [2.75, 3.05) is 18.5 Å². The van der Waals surface area contributed by atoms with Gasteiger partial charge in [-0.2, -0.15) is 0 Å². The first-order valence-corrected chi connectivity index (χ1v) is 5.28. The molecule has 1 aromatic rings. The average Bonchev–Trinajstić information content (AvgIpc) is 2.25. The summed E-state index contributed by atoms with van der Waals surface area (Å²) in [6.07, 6.45) is 0.233. The summed E-state index contributed by atoms with van der Waals surface area (Å²) in [6.45, 7) is 5.33. The Balaban J connectivity index is 2.35. The van der Waals surface area contributed by atoms with Crippen LogP contribution in [0.3, 0.4) is 0 Å². The minimum absolute atomic E-state index is 0.233. The van der Waals surface area contributed by atoms with Crippen molar-refractivity contribution in [1.29, 1.82) is 0 Å². The van der Waals surface area contributed by atoms with Crippen LogP contribution < -0.4 is 5.32 Å². The molecule has 88 valence electrons. The quantitative estimate of drug-likeness (QED) is 0.726. The van der Waals surface area contributed by atoms with Gasteiger partial charge in [-0.25, -0.2) is 4.79 Å². The van der Waals surface area contributed by atoms with Crippen molar-refractivity contribution in [3.63, 3.8) is 0 Å². The maximum Gasteiger partial charge on any atom is 0.335 e. The number of hydrogen-bond acceptors (Lipinski definition) is 3.